The van der Waals surface area contributed by atoms with Crippen LogP contribution in [0.25, 0.3) is 11.4 Å². The molecule has 2 aromatic rings. The van der Waals surface area contributed by atoms with Crippen LogP contribution < -0.4 is 4.90 Å². The number of anilines is 1. The normalized spacial score (nSPS) is 21.4. The molecule has 1 aliphatic heterocycles. The second-order valence-electron chi connectivity index (χ2n) is 7.60. The number of rotatable bonds is 5. The van der Waals surface area contributed by atoms with Gasteiger partial charge in [-0.15, -0.1) is 0 Å². The van der Waals surface area contributed by atoms with Crippen LogP contribution in [0.15, 0.2) is 36.4 Å². The van der Waals surface area contributed by atoms with E-state index in [0.717, 1.165) is 53.7 Å². The Morgan fingerprint density at radius 3 is 2.70 bits per heavy atom. The molecule has 0 unspecified atom stereocenters. The smallest absolute Gasteiger partial charge is 0.161 e. The van der Waals surface area contributed by atoms with Crippen molar-refractivity contribution in [1.29, 1.82) is 0 Å². The molecule has 1 saturated carbocycles. The van der Waals surface area contributed by atoms with Crippen LogP contribution in [-0.4, -0.2) is 41.0 Å². The fourth-order valence-electron chi connectivity index (χ4n) is 3.92. The zero-order valence-corrected chi connectivity index (χ0v) is 17.0. The summed E-state index contributed by atoms with van der Waals surface area (Å²) in [6.45, 7) is 4.62. The number of nitrogens with zero attached hydrogens (tertiary/aromatic N) is 3. The van der Waals surface area contributed by atoms with Crippen molar-refractivity contribution >= 4 is 17.6 Å². The van der Waals surface area contributed by atoms with Gasteiger partial charge in [0.2, 0.25) is 0 Å². The number of benzene rings is 1. The number of aromatic nitrogens is 2. The van der Waals surface area contributed by atoms with Gasteiger partial charge in [0.1, 0.15) is 5.82 Å². The molecule has 1 atom stereocenters. The van der Waals surface area contributed by atoms with Crippen molar-refractivity contribution in [2.24, 2.45) is 0 Å². The van der Waals surface area contributed by atoms with Gasteiger partial charge in [-0.05, 0) is 19.8 Å². The predicted octanol–water partition coefficient (Wildman–Crippen LogP) is 4.93. The number of hydrogen-bond donors (Lipinski definition) is 0. The van der Waals surface area contributed by atoms with Crippen LogP contribution in [-0.2, 0) is 10.5 Å². The van der Waals surface area contributed by atoms with Crippen molar-refractivity contribution in [3.05, 3.63) is 42.1 Å². The van der Waals surface area contributed by atoms with E-state index < -0.39 is 0 Å². The first kappa shape index (κ1) is 18.8. The molecule has 4 rings (SSSR count). The van der Waals surface area contributed by atoms with Gasteiger partial charge in [0.15, 0.2) is 5.82 Å². The van der Waals surface area contributed by atoms with E-state index in [9.17, 15) is 0 Å². The van der Waals surface area contributed by atoms with Crippen LogP contribution in [0.2, 0.25) is 0 Å². The van der Waals surface area contributed by atoms with Crippen LogP contribution in [0.3, 0.4) is 0 Å². The van der Waals surface area contributed by atoms with E-state index in [1.54, 1.807) is 0 Å². The lowest BCUT2D eigenvalue weighted by Crippen LogP contribution is -2.44. The second kappa shape index (κ2) is 9.07. The summed E-state index contributed by atoms with van der Waals surface area (Å²) in [5.41, 5.74) is 2.23. The SMILES string of the molecule is C[C@H]1COCCN1c1cc(CSC2CCCCC2)nc(-c2ccccc2)n1. The van der Waals surface area contributed by atoms with E-state index in [1.165, 1.54) is 32.1 Å². The summed E-state index contributed by atoms with van der Waals surface area (Å²) in [7, 11) is 0. The molecule has 0 radical (unpaired) electrons. The fourth-order valence-corrected chi connectivity index (χ4v) is 5.14. The van der Waals surface area contributed by atoms with Gasteiger partial charge >= 0.3 is 0 Å². The average molecular weight is 384 g/mol. The Bertz CT molecular complexity index is 734. The zero-order valence-electron chi connectivity index (χ0n) is 16.1. The Labute approximate surface area is 166 Å². The average Bonchev–Trinajstić information content (AvgIpc) is 2.74. The Morgan fingerprint density at radius 1 is 1.11 bits per heavy atom. The number of morpholine rings is 1. The standard InChI is InChI=1S/C22H29N3OS/c1-17-15-26-13-12-25(17)21-14-19(16-27-20-10-6-3-7-11-20)23-22(24-21)18-8-4-2-5-9-18/h2,4-5,8-9,14,17,20H,3,6-7,10-13,15-16H2,1H3/t17-/m0/s1. The van der Waals surface area contributed by atoms with Crippen molar-refractivity contribution in [2.75, 3.05) is 24.7 Å². The Hall–Kier alpha value is -1.59. The molecule has 4 nitrogen and oxygen atoms in total. The topological polar surface area (TPSA) is 38.2 Å². The number of ether oxygens (including phenoxy) is 1. The molecule has 1 saturated heterocycles. The van der Waals surface area contributed by atoms with Crippen LogP contribution in [0, 0.1) is 0 Å². The van der Waals surface area contributed by atoms with E-state index >= 15 is 0 Å². The molecule has 27 heavy (non-hydrogen) atoms. The fraction of sp³-hybridized carbons (Fsp3) is 0.545. The summed E-state index contributed by atoms with van der Waals surface area (Å²) >= 11 is 2.08. The predicted molar refractivity (Wildman–Crippen MR) is 113 cm³/mol. The summed E-state index contributed by atoms with van der Waals surface area (Å²) in [4.78, 5) is 12.2. The largest absolute Gasteiger partial charge is 0.377 e. The molecular weight excluding hydrogens is 354 g/mol. The maximum Gasteiger partial charge on any atom is 0.161 e. The molecule has 0 amide bonds. The van der Waals surface area contributed by atoms with Gasteiger partial charge in [-0.3, -0.25) is 0 Å². The van der Waals surface area contributed by atoms with E-state index in [1.807, 2.05) is 6.07 Å². The minimum Gasteiger partial charge on any atom is -0.377 e. The molecule has 2 fully saturated rings. The van der Waals surface area contributed by atoms with Crippen molar-refractivity contribution in [3.8, 4) is 11.4 Å². The number of hydrogen-bond acceptors (Lipinski definition) is 5. The van der Waals surface area contributed by atoms with E-state index in [0.29, 0.717) is 6.04 Å². The number of thioether (sulfide) groups is 1. The maximum atomic E-state index is 5.62. The molecule has 1 aromatic carbocycles. The lowest BCUT2D eigenvalue weighted by Gasteiger charge is -2.34. The first-order valence-corrected chi connectivity index (χ1v) is 11.2. The highest BCUT2D eigenvalue weighted by atomic mass is 32.2. The lowest BCUT2D eigenvalue weighted by molar-refractivity contribution is 0.0985. The third kappa shape index (κ3) is 4.82. The highest BCUT2D eigenvalue weighted by Crippen LogP contribution is 2.31. The summed E-state index contributed by atoms with van der Waals surface area (Å²) in [5.74, 6) is 2.85. The highest BCUT2D eigenvalue weighted by Gasteiger charge is 2.22. The molecule has 144 valence electrons. The van der Waals surface area contributed by atoms with E-state index in [2.05, 4.69) is 53.9 Å². The zero-order chi connectivity index (χ0) is 18.5. The Morgan fingerprint density at radius 2 is 1.93 bits per heavy atom. The van der Waals surface area contributed by atoms with Gasteiger partial charge in [-0.25, -0.2) is 9.97 Å². The lowest BCUT2D eigenvalue weighted by atomic mass is 10.0. The maximum absolute atomic E-state index is 5.62. The van der Waals surface area contributed by atoms with Gasteiger partial charge in [0, 0.05) is 29.2 Å². The van der Waals surface area contributed by atoms with Crippen LogP contribution in [0.4, 0.5) is 5.82 Å². The first-order valence-electron chi connectivity index (χ1n) is 10.2. The molecular formula is C22H29N3OS. The molecule has 2 heterocycles. The van der Waals surface area contributed by atoms with Crippen molar-refractivity contribution in [1.82, 2.24) is 9.97 Å². The molecule has 2 aliphatic rings. The minimum atomic E-state index is 0.344. The second-order valence-corrected chi connectivity index (χ2v) is 8.88. The molecule has 0 bridgehead atoms. The minimum absolute atomic E-state index is 0.344. The molecule has 0 spiro atoms. The van der Waals surface area contributed by atoms with Gasteiger partial charge < -0.3 is 9.64 Å². The van der Waals surface area contributed by atoms with Crippen LogP contribution in [0.1, 0.15) is 44.7 Å². The first-order chi connectivity index (χ1) is 13.3. The van der Waals surface area contributed by atoms with Crippen LogP contribution >= 0.6 is 11.8 Å². The Kier molecular flexibility index (Phi) is 6.30. The van der Waals surface area contributed by atoms with Crippen LogP contribution in [0.5, 0.6) is 0 Å². The summed E-state index contributed by atoms with van der Waals surface area (Å²) in [6.07, 6.45) is 6.88. The summed E-state index contributed by atoms with van der Waals surface area (Å²) in [5, 5.41) is 0.791. The van der Waals surface area contributed by atoms with E-state index in [-0.39, 0.29) is 0 Å². The van der Waals surface area contributed by atoms with Gasteiger partial charge in [0.25, 0.3) is 0 Å². The Balaban J connectivity index is 1.59. The van der Waals surface area contributed by atoms with Crippen molar-refractivity contribution in [3.63, 3.8) is 0 Å². The quantitative estimate of drug-likeness (QED) is 0.731. The summed E-state index contributed by atoms with van der Waals surface area (Å²) in [6, 6.07) is 12.9. The van der Waals surface area contributed by atoms with E-state index in [4.69, 9.17) is 14.7 Å². The third-order valence-electron chi connectivity index (χ3n) is 5.48. The van der Waals surface area contributed by atoms with Gasteiger partial charge in [-0.1, -0.05) is 49.6 Å². The molecule has 1 aromatic heterocycles. The van der Waals surface area contributed by atoms with Crippen molar-refractivity contribution in [2.45, 2.75) is 56.1 Å². The highest BCUT2D eigenvalue weighted by molar-refractivity contribution is 7.99. The molecule has 1 aliphatic carbocycles. The van der Waals surface area contributed by atoms with Crippen molar-refractivity contribution < 1.29 is 4.74 Å². The monoisotopic (exact) mass is 383 g/mol. The molecule has 0 N–H and O–H groups in total. The van der Waals surface area contributed by atoms with Gasteiger partial charge in [0.05, 0.1) is 24.9 Å². The van der Waals surface area contributed by atoms with Gasteiger partial charge in [-0.2, -0.15) is 11.8 Å². The third-order valence-corrected chi connectivity index (χ3v) is 6.88. The molecule has 5 heteroatoms. The summed E-state index contributed by atoms with van der Waals surface area (Å²) < 4.78 is 5.62.